The predicted octanol–water partition coefficient (Wildman–Crippen LogP) is 4.18. The molecule has 152 valence electrons. The molecule has 0 unspecified atom stereocenters. The third kappa shape index (κ3) is 6.43. The Morgan fingerprint density at radius 3 is 2.86 bits per heavy atom. The number of hydrogen-bond acceptors (Lipinski definition) is 6. The van der Waals surface area contributed by atoms with Gasteiger partial charge in [-0.1, -0.05) is 11.6 Å². The molecule has 0 spiro atoms. The van der Waals surface area contributed by atoms with E-state index in [1.54, 1.807) is 19.4 Å². The predicted molar refractivity (Wildman–Crippen MR) is 105 cm³/mol. The van der Waals surface area contributed by atoms with Crippen LogP contribution in [0, 0.1) is 5.82 Å². The Hall–Kier alpha value is -2.23. The number of benzene rings is 1. The lowest BCUT2D eigenvalue weighted by atomic mass is 10.3. The van der Waals surface area contributed by atoms with Gasteiger partial charge in [-0.15, -0.1) is 11.3 Å². The normalized spacial score (nSPS) is 10.6. The molecule has 1 aromatic heterocycles. The molecule has 0 radical (unpaired) electrons. The molecular weight excluding hydrogens is 409 g/mol. The van der Waals surface area contributed by atoms with Gasteiger partial charge in [-0.05, 0) is 31.5 Å². The first kappa shape index (κ1) is 22.1. The second-order valence-electron chi connectivity index (χ2n) is 5.67. The molecule has 2 aromatic rings. The molecular formula is C18H21ClFN3O4S. The number of amides is 2. The number of aromatic nitrogens is 1. The highest BCUT2D eigenvalue weighted by molar-refractivity contribution is 7.09. The Morgan fingerprint density at radius 2 is 2.18 bits per heavy atom. The molecule has 0 saturated carbocycles. The Morgan fingerprint density at radius 1 is 1.39 bits per heavy atom. The summed E-state index contributed by atoms with van der Waals surface area (Å²) in [6, 6.07) is 3.55. The maximum absolute atomic E-state index is 13.3. The Bertz CT molecular complexity index is 818. The summed E-state index contributed by atoms with van der Waals surface area (Å²) >= 11 is 7.02. The highest BCUT2D eigenvalue weighted by Gasteiger charge is 2.18. The molecule has 1 aromatic carbocycles. The molecule has 0 aliphatic carbocycles. The van der Waals surface area contributed by atoms with Crippen LogP contribution in [0.25, 0.3) is 0 Å². The first-order valence-corrected chi connectivity index (χ1v) is 9.81. The van der Waals surface area contributed by atoms with Crippen LogP contribution in [0.4, 0.5) is 14.9 Å². The summed E-state index contributed by atoms with van der Waals surface area (Å²) in [5.74, 6) is -1.06. The number of esters is 1. The summed E-state index contributed by atoms with van der Waals surface area (Å²) in [6.45, 7) is 3.07. The molecule has 10 heteroatoms. The number of methoxy groups -OCH3 is 1. The van der Waals surface area contributed by atoms with Gasteiger partial charge in [0.1, 0.15) is 10.8 Å². The van der Waals surface area contributed by atoms with Crippen LogP contribution in [0.5, 0.6) is 0 Å². The highest BCUT2D eigenvalue weighted by Crippen LogP contribution is 2.20. The third-order valence-electron chi connectivity index (χ3n) is 3.60. The number of carbonyl (C=O) groups excluding carboxylic acids is 2. The van der Waals surface area contributed by atoms with Crippen molar-refractivity contribution < 1.29 is 23.5 Å². The van der Waals surface area contributed by atoms with Crippen molar-refractivity contribution in [2.75, 3.05) is 32.2 Å². The van der Waals surface area contributed by atoms with Crippen molar-refractivity contribution in [2.45, 2.75) is 19.9 Å². The number of halogens is 2. The number of urea groups is 1. The van der Waals surface area contributed by atoms with Crippen molar-refractivity contribution in [3.05, 3.63) is 45.1 Å². The molecule has 0 fully saturated rings. The van der Waals surface area contributed by atoms with E-state index < -0.39 is 17.8 Å². The van der Waals surface area contributed by atoms with Crippen LogP contribution in [0.15, 0.2) is 23.6 Å². The molecule has 2 amide bonds. The fourth-order valence-corrected chi connectivity index (χ4v) is 3.23. The van der Waals surface area contributed by atoms with Crippen molar-refractivity contribution in [3.63, 3.8) is 0 Å². The van der Waals surface area contributed by atoms with Crippen molar-refractivity contribution >= 4 is 40.6 Å². The lowest BCUT2D eigenvalue weighted by molar-refractivity contribution is 0.0520. The minimum atomic E-state index is -0.564. The van der Waals surface area contributed by atoms with Gasteiger partial charge in [-0.25, -0.2) is 19.0 Å². The van der Waals surface area contributed by atoms with Crippen molar-refractivity contribution in [1.82, 2.24) is 9.88 Å². The number of anilines is 1. The molecule has 1 heterocycles. The van der Waals surface area contributed by atoms with Gasteiger partial charge in [-0.2, -0.15) is 0 Å². The van der Waals surface area contributed by atoms with Gasteiger partial charge in [0.15, 0.2) is 5.69 Å². The Kier molecular flexibility index (Phi) is 8.62. The Balaban J connectivity index is 2.08. The zero-order chi connectivity index (χ0) is 20.5. The molecule has 0 aliphatic heterocycles. The number of ether oxygens (including phenoxy) is 2. The summed E-state index contributed by atoms with van der Waals surface area (Å²) in [4.78, 5) is 30.2. The number of nitrogens with zero attached hydrogens (tertiary/aromatic N) is 2. The van der Waals surface area contributed by atoms with Crippen LogP contribution < -0.4 is 5.32 Å². The van der Waals surface area contributed by atoms with Gasteiger partial charge in [-0.3, -0.25) is 0 Å². The van der Waals surface area contributed by atoms with Gasteiger partial charge < -0.3 is 19.7 Å². The van der Waals surface area contributed by atoms with Crippen LogP contribution in [-0.4, -0.2) is 48.8 Å². The second kappa shape index (κ2) is 10.9. The zero-order valence-electron chi connectivity index (χ0n) is 15.5. The number of nitrogens with one attached hydrogen (secondary N) is 1. The maximum atomic E-state index is 13.3. The average Bonchev–Trinajstić information content (AvgIpc) is 3.13. The molecule has 7 nitrogen and oxygen atoms in total. The van der Waals surface area contributed by atoms with Gasteiger partial charge in [0.2, 0.25) is 0 Å². The first-order chi connectivity index (χ1) is 13.4. The first-order valence-electron chi connectivity index (χ1n) is 8.56. The second-order valence-corrected chi connectivity index (χ2v) is 7.02. The number of rotatable bonds is 9. The SMILES string of the molecule is CCOC(=O)c1csc(CN(CCCOC)C(=O)Nc2ccc(F)c(Cl)c2)n1. The van der Waals surface area contributed by atoms with Crippen molar-refractivity contribution in [1.29, 1.82) is 0 Å². The third-order valence-corrected chi connectivity index (χ3v) is 4.72. The van der Waals surface area contributed by atoms with Crippen LogP contribution in [-0.2, 0) is 16.0 Å². The van der Waals surface area contributed by atoms with E-state index in [1.165, 1.54) is 34.4 Å². The smallest absolute Gasteiger partial charge is 0.357 e. The van der Waals surface area contributed by atoms with E-state index in [9.17, 15) is 14.0 Å². The maximum Gasteiger partial charge on any atom is 0.357 e. The summed E-state index contributed by atoms with van der Waals surface area (Å²) in [5, 5.41) is 4.79. The molecule has 0 bridgehead atoms. The van der Waals surface area contributed by atoms with Crippen LogP contribution in [0.2, 0.25) is 5.02 Å². The van der Waals surface area contributed by atoms with Gasteiger partial charge >= 0.3 is 12.0 Å². The van der Waals surface area contributed by atoms with Gasteiger partial charge in [0, 0.05) is 31.3 Å². The minimum absolute atomic E-state index is 0.0808. The summed E-state index contributed by atoms with van der Waals surface area (Å²) < 4.78 is 23.3. The van der Waals surface area contributed by atoms with E-state index in [1.807, 2.05) is 0 Å². The molecule has 0 aliphatic rings. The standard InChI is InChI=1S/C18H21ClFN3O4S/c1-3-27-17(24)15-11-28-16(22-15)10-23(7-4-8-26-2)18(25)21-12-5-6-14(20)13(19)9-12/h5-6,9,11H,3-4,7-8,10H2,1-2H3,(H,21,25). The van der Waals surface area contributed by atoms with Crippen LogP contribution in [0.3, 0.4) is 0 Å². The summed E-state index contributed by atoms with van der Waals surface area (Å²) in [6.07, 6.45) is 0.615. The monoisotopic (exact) mass is 429 g/mol. The fourth-order valence-electron chi connectivity index (χ4n) is 2.27. The highest BCUT2D eigenvalue weighted by atomic mass is 35.5. The van der Waals surface area contributed by atoms with Gasteiger partial charge in [0.25, 0.3) is 0 Å². The van der Waals surface area contributed by atoms with E-state index in [0.29, 0.717) is 30.3 Å². The minimum Gasteiger partial charge on any atom is -0.461 e. The number of hydrogen-bond donors (Lipinski definition) is 1. The quantitative estimate of drug-likeness (QED) is 0.477. The fraction of sp³-hybridized carbons (Fsp3) is 0.389. The van der Waals surface area contributed by atoms with Crippen LogP contribution in [0.1, 0.15) is 28.8 Å². The lowest BCUT2D eigenvalue weighted by Crippen LogP contribution is -2.35. The number of carbonyl (C=O) groups is 2. The molecule has 1 N–H and O–H groups in total. The largest absolute Gasteiger partial charge is 0.461 e. The molecule has 2 rings (SSSR count). The van der Waals surface area contributed by atoms with Crippen LogP contribution >= 0.6 is 22.9 Å². The summed E-state index contributed by atoms with van der Waals surface area (Å²) in [5.41, 5.74) is 0.587. The molecule has 0 atom stereocenters. The van der Waals surface area contributed by atoms with E-state index >= 15 is 0 Å². The van der Waals surface area contributed by atoms with Crippen molar-refractivity contribution in [2.24, 2.45) is 0 Å². The molecule has 28 heavy (non-hydrogen) atoms. The van der Waals surface area contributed by atoms with Gasteiger partial charge in [0.05, 0.1) is 18.2 Å². The van der Waals surface area contributed by atoms with E-state index in [-0.39, 0.29) is 23.9 Å². The average molecular weight is 430 g/mol. The Labute approximate surface area is 171 Å². The van der Waals surface area contributed by atoms with E-state index in [2.05, 4.69) is 10.3 Å². The van der Waals surface area contributed by atoms with Crippen molar-refractivity contribution in [3.8, 4) is 0 Å². The number of thiazole rings is 1. The zero-order valence-corrected chi connectivity index (χ0v) is 17.1. The van der Waals surface area contributed by atoms with E-state index in [0.717, 1.165) is 0 Å². The van der Waals surface area contributed by atoms with E-state index in [4.69, 9.17) is 21.1 Å². The summed E-state index contributed by atoms with van der Waals surface area (Å²) in [7, 11) is 1.58. The topological polar surface area (TPSA) is 80.8 Å². The molecule has 0 saturated heterocycles. The lowest BCUT2D eigenvalue weighted by Gasteiger charge is -2.22.